The van der Waals surface area contributed by atoms with E-state index in [4.69, 9.17) is 9.15 Å². The maximum absolute atomic E-state index is 12.5. The highest BCUT2D eigenvalue weighted by molar-refractivity contribution is 5.94. The lowest BCUT2D eigenvalue weighted by molar-refractivity contribution is 0.0947. The van der Waals surface area contributed by atoms with Crippen molar-refractivity contribution in [1.82, 2.24) is 15.5 Å². The van der Waals surface area contributed by atoms with Crippen LogP contribution in [-0.2, 0) is 0 Å². The normalized spacial score (nSPS) is 10.9. The third kappa shape index (κ3) is 4.66. The van der Waals surface area contributed by atoms with Gasteiger partial charge in [-0.15, -0.1) is 10.2 Å². The van der Waals surface area contributed by atoms with Gasteiger partial charge in [0.15, 0.2) is 0 Å². The zero-order chi connectivity index (χ0) is 23.3. The number of hydrogen-bond donors (Lipinski definition) is 1. The van der Waals surface area contributed by atoms with Gasteiger partial charge in [-0.2, -0.15) is 0 Å². The van der Waals surface area contributed by atoms with Gasteiger partial charge in [0.1, 0.15) is 12.4 Å². The molecule has 0 aliphatic carbocycles. The summed E-state index contributed by atoms with van der Waals surface area (Å²) in [5.41, 5.74) is 3.27. The van der Waals surface area contributed by atoms with Crippen LogP contribution >= 0.6 is 0 Å². The molecule has 0 fully saturated rings. The fourth-order valence-corrected chi connectivity index (χ4v) is 3.72. The van der Waals surface area contributed by atoms with Crippen LogP contribution in [0.15, 0.2) is 95.4 Å². The maximum Gasteiger partial charge on any atom is 0.251 e. The highest BCUT2D eigenvalue weighted by Gasteiger charge is 2.13. The Hall–Kier alpha value is -4.45. The first-order valence-corrected chi connectivity index (χ1v) is 11.1. The first-order valence-electron chi connectivity index (χ1n) is 11.1. The molecule has 5 rings (SSSR count). The number of aromatic nitrogens is 2. The van der Waals surface area contributed by atoms with Crippen molar-refractivity contribution in [2.75, 3.05) is 13.2 Å². The number of amides is 1. The van der Waals surface area contributed by atoms with Gasteiger partial charge in [-0.25, -0.2) is 0 Å². The lowest BCUT2D eigenvalue weighted by atomic mass is 10.1. The smallest absolute Gasteiger partial charge is 0.251 e. The van der Waals surface area contributed by atoms with Crippen LogP contribution in [-0.4, -0.2) is 29.3 Å². The number of carbonyl (C=O) groups excluding carboxylic acids is 1. The molecule has 0 spiro atoms. The first-order chi connectivity index (χ1) is 16.7. The van der Waals surface area contributed by atoms with Crippen molar-refractivity contribution in [3.63, 3.8) is 0 Å². The summed E-state index contributed by atoms with van der Waals surface area (Å²) in [6.07, 6.45) is 0. The van der Waals surface area contributed by atoms with Gasteiger partial charge in [0.25, 0.3) is 5.91 Å². The minimum atomic E-state index is -0.167. The topological polar surface area (TPSA) is 77.2 Å². The van der Waals surface area contributed by atoms with E-state index in [1.54, 1.807) is 24.3 Å². The van der Waals surface area contributed by atoms with Crippen LogP contribution in [0.5, 0.6) is 5.75 Å². The number of rotatable bonds is 7. The number of benzene rings is 4. The maximum atomic E-state index is 12.5. The molecule has 6 heteroatoms. The Morgan fingerprint density at radius 2 is 1.59 bits per heavy atom. The van der Waals surface area contributed by atoms with E-state index in [0.29, 0.717) is 30.5 Å². The van der Waals surface area contributed by atoms with Crippen molar-refractivity contribution < 1.29 is 13.9 Å². The van der Waals surface area contributed by atoms with Gasteiger partial charge in [0.05, 0.1) is 6.54 Å². The van der Waals surface area contributed by atoms with Crippen LogP contribution in [0.25, 0.3) is 33.7 Å². The number of fused-ring (bicyclic) bond motifs is 1. The third-order valence-electron chi connectivity index (χ3n) is 5.57. The number of nitrogens with one attached hydrogen (secondary N) is 1. The second kappa shape index (κ2) is 9.58. The van der Waals surface area contributed by atoms with Crippen LogP contribution in [0.4, 0.5) is 0 Å². The summed E-state index contributed by atoms with van der Waals surface area (Å²) < 4.78 is 11.6. The van der Waals surface area contributed by atoms with Crippen LogP contribution in [0.1, 0.15) is 15.9 Å². The molecule has 0 bridgehead atoms. The molecule has 0 radical (unpaired) electrons. The minimum absolute atomic E-state index is 0.167. The van der Waals surface area contributed by atoms with Crippen LogP contribution in [0.2, 0.25) is 0 Å². The average Bonchev–Trinajstić information content (AvgIpc) is 3.37. The zero-order valence-corrected chi connectivity index (χ0v) is 18.7. The summed E-state index contributed by atoms with van der Waals surface area (Å²) in [6.45, 7) is 2.78. The first kappa shape index (κ1) is 21.4. The van der Waals surface area contributed by atoms with Crippen molar-refractivity contribution in [2.45, 2.75) is 6.92 Å². The van der Waals surface area contributed by atoms with Crippen molar-refractivity contribution in [1.29, 1.82) is 0 Å². The van der Waals surface area contributed by atoms with Gasteiger partial charge in [0.2, 0.25) is 11.8 Å². The van der Waals surface area contributed by atoms with Gasteiger partial charge >= 0.3 is 0 Å². The standard InChI is InChI=1S/C28H23N3O3/c1-19-6-2-5-9-25(19)28-31-30-27(34-28)22-12-10-21(11-13-22)26(32)29-16-17-33-24-15-14-20-7-3-4-8-23(20)18-24/h2-15,18H,16-17H2,1H3,(H,29,32). The van der Waals surface area contributed by atoms with E-state index >= 15 is 0 Å². The largest absolute Gasteiger partial charge is 0.492 e. The van der Waals surface area contributed by atoms with Crippen molar-refractivity contribution >= 4 is 16.7 Å². The van der Waals surface area contributed by atoms with E-state index in [-0.39, 0.29) is 5.91 Å². The fraction of sp³-hybridized carbons (Fsp3) is 0.107. The molecule has 1 heterocycles. The predicted octanol–water partition coefficient (Wildman–Crippen LogP) is 5.67. The van der Waals surface area contributed by atoms with E-state index < -0.39 is 0 Å². The highest BCUT2D eigenvalue weighted by Crippen LogP contribution is 2.26. The van der Waals surface area contributed by atoms with Crippen molar-refractivity contribution in [3.05, 3.63) is 102 Å². The van der Waals surface area contributed by atoms with Crippen LogP contribution < -0.4 is 10.1 Å². The van der Waals surface area contributed by atoms with Gasteiger partial charge in [-0.3, -0.25) is 4.79 Å². The number of nitrogens with zero attached hydrogens (tertiary/aromatic N) is 2. The van der Waals surface area contributed by atoms with E-state index in [1.807, 2.05) is 67.6 Å². The summed E-state index contributed by atoms with van der Waals surface area (Å²) in [7, 11) is 0. The molecule has 0 saturated heterocycles. The predicted molar refractivity (Wildman–Crippen MR) is 132 cm³/mol. The SMILES string of the molecule is Cc1ccccc1-c1nnc(-c2ccc(C(=O)NCCOc3ccc4ccccc4c3)cc2)o1. The fourth-order valence-electron chi connectivity index (χ4n) is 3.72. The van der Waals surface area contributed by atoms with E-state index in [0.717, 1.165) is 27.8 Å². The molecule has 1 aromatic heterocycles. The van der Waals surface area contributed by atoms with Gasteiger partial charge in [-0.05, 0) is 65.7 Å². The molecule has 0 aliphatic heterocycles. The van der Waals surface area contributed by atoms with Crippen LogP contribution in [0.3, 0.4) is 0 Å². The second-order valence-electron chi connectivity index (χ2n) is 7.92. The van der Waals surface area contributed by atoms with Crippen molar-refractivity contribution in [3.8, 4) is 28.7 Å². The third-order valence-corrected chi connectivity index (χ3v) is 5.57. The summed E-state index contributed by atoms with van der Waals surface area (Å²) in [6, 6.07) is 29.0. The molecule has 6 nitrogen and oxygen atoms in total. The quantitative estimate of drug-likeness (QED) is 0.324. The summed E-state index contributed by atoms with van der Waals surface area (Å²) in [4.78, 5) is 12.5. The Labute approximate surface area is 197 Å². The van der Waals surface area contributed by atoms with Crippen LogP contribution in [0, 0.1) is 6.92 Å². The number of ether oxygens (including phenoxy) is 1. The lowest BCUT2D eigenvalue weighted by Crippen LogP contribution is -2.28. The number of carbonyl (C=O) groups is 1. The monoisotopic (exact) mass is 449 g/mol. The lowest BCUT2D eigenvalue weighted by Gasteiger charge is -2.09. The molecule has 1 amide bonds. The zero-order valence-electron chi connectivity index (χ0n) is 18.7. The van der Waals surface area contributed by atoms with Gasteiger partial charge in [0, 0.05) is 16.7 Å². The average molecular weight is 450 g/mol. The molecule has 1 N–H and O–H groups in total. The molecular formula is C28H23N3O3. The number of hydrogen-bond acceptors (Lipinski definition) is 5. The Morgan fingerprint density at radius 1 is 0.853 bits per heavy atom. The summed E-state index contributed by atoms with van der Waals surface area (Å²) in [5, 5.41) is 13.5. The molecule has 168 valence electrons. The minimum Gasteiger partial charge on any atom is -0.492 e. The Bertz CT molecular complexity index is 1440. The van der Waals surface area contributed by atoms with Gasteiger partial charge < -0.3 is 14.5 Å². The van der Waals surface area contributed by atoms with E-state index in [9.17, 15) is 4.79 Å². The highest BCUT2D eigenvalue weighted by atomic mass is 16.5. The molecule has 34 heavy (non-hydrogen) atoms. The molecule has 0 unspecified atom stereocenters. The molecule has 0 atom stereocenters. The molecule has 5 aromatic rings. The Morgan fingerprint density at radius 3 is 2.41 bits per heavy atom. The van der Waals surface area contributed by atoms with Crippen molar-refractivity contribution in [2.24, 2.45) is 0 Å². The molecule has 0 saturated carbocycles. The number of aryl methyl sites for hydroxylation is 1. The molecular weight excluding hydrogens is 426 g/mol. The summed E-state index contributed by atoms with van der Waals surface area (Å²) in [5.74, 6) is 1.50. The van der Waals surface area contributed by atoms with Gasteiger partial charge in [-0.1, -0.05) is 48.5 Å². The molecule has 0 aliphatic rings. The second-order valence-corrected chi connectivity index (χ2v) is 7.92. The Kier molecular flexibility index (Phi) is 6.03. The molecule has 4 aromatic carbocycles. The van der Waals surface area contributed by atoms with E-state index in [1.165, 1.54) is 5.39 Å². The van der Waals surface area contributed by atoms with E-state index in [2.05, 4.69) is 21.6 Å². The summed E-state index contributed by atoms with van der Waals surface area (Å²) >= 11 is 0. The Balaban J connectivity index is 1.16.